The molecule has 0 saturated carbocycles. The highest BCUT2D eigenvalue weighted by molar-refractivity contribution is 9.10. The fraction of sp³-hybridized carbons (Fsp3) is 0.250. The van der Waals surface area contributed by atoms with E-state index < -0.39 is 0 Å². The van der Waals surface area contributed by atoms with Crippen LogP contribution in [0.3, 0.4) is 0 Å². The lowest BCUT2D eigenvalue weighted by molar-refractivity contribution is 0.629. The van der Waals surface area contributed by atoms with Crippen molar-refractivity contribution in [2.75, 3.05) is 6.54 Å². The Morgan fingerprint density at radius 2 is 2.00 bits per heavy atom. The van der Waals surface area contributed by atoms with Gasteiger partial charge in [0, 0.05) is 16.6 Å². The number of fused-ring (bicyclic) bond motifs is 1. The summed E-state index contributed by atoms with van der Waals surface area (Å²) in [5.41, 5.74) is 2.85. The first-order valence-electron chi connectivity index (χ1n) is 5.55. The molecule has 0 spiro atoms. The van der Waals surface area contributed by atoms with Gasteiger partial charge in [-0.05, 0) is 37.2 Å². The van der Waals surface area contributed by atoms with Gasteiger partial charge in [0.1, 0.15) is 0 Å². The maximum atomic E-state index is 12.2. The number of hydrogen-bond acceptors (Lipinski definition) is 2. The first-order chi connectivity index (χ1) is 8.25. The standard InChI is InChI=1S/C12H12BrN3O/c13-8-1-3-9(4-2-8)16-12(17)10-5-6-14-7-11(10)15-16/h1-4,14-15H,5-7H2. The summed E-state index contributed by atoms with van der Waals surface area (Å²) in [4.78, 5) is 12.2. The molecule has 0 unspecified atom stereocenters. The molecule has 2 heterocycles. The van der Waals surface area contributed by atoms with Crippen LogP contribution in [0.4, 0.5) is 0 Å². The van der Waals surface area contributed by atoms with E-state index >= 15 is 0 Å². The Labute approximate surface area is 107 Å². The zero-order valence-corrected chi connectivity index (χ0v) is 10.8. The molecule has 2 N–H and O–H groups in total. The summed E-state index contributed by atoms with van der Waals surface area (Å²) in [5, 5.41) is 6.42. The molecular formula is C12H12BrN3O. The molecule has 1 aromatic carbocycles. The van der Waals surface area contributed by atoms with Gasteiger partial charge in [-0.2, -0.15) is 0 Å². The van der Waals surface area contributed by atoms with Crippen LogP contribution in [0.15, 0.2) is 33.5 Å². The van der Waals surface area contributed by atoms with Crippen LogP contribution in [-0.4, -0.2) is 16.3 Å². The number of halogens is 1. The summed E-state index contributed by atoms with van der Waals surface area (Å²) >= 11 is 3.39. The zero-order valence-electron chi connectivity index (χ0n) is 9.16. The maximum Gasteiger partial charge on any atom is 0.274 e. The molecule has 0 radical (unpaired) electrons. The highest BCUT2D eigenvalue weighted by atomic mass is 79.9. The quantitative estimate of drug-likeness (QED) is 0.839. The SMILES string of the molecule is O=c1c2c([nH]n1-c1ccc(Br)cc1)CNCC2. The number of H-pyrrole nitrogens is 1. The molecule has 0 amide bonds. The van der Waals surface area contributed by atoms with E-state index in [4.69, 9.17) is 0 Å². The van der Waals surface area contributed by atoms with Crippen LogP contribution in [0, 0.1) is 0 Å². The van der Waals surface area contributed by atoms with Crippen molar-refractivity contribution in [2.24, 2.45) is 0 Å². The Balaban J connectivity index is 2.12. The third-order valence-corrected chi connectivity index (χ3v) is 3.54. The van der Waals surface area contributed by atoms with Crippen molar-refractivity contribution < 1.29 is 0 Å². The van der Waals surface area contributed by atoms with Crippen molar-refractivity contribution in [3.05, 3.63) is 50.3 Å². The van der Waals surface area contributed by atoms with E-state index in [2.05, 4.69) is 26.3 Å². The minimum atomic E-state index is 0.0730. The van der Waals surface area contributed by atoms with Crippen LogP contribution < -0.4 is 10.9 Å². The van der Waals surface area contributed by atoms with Gasteiger partial charge < -0.3 is 5.32 Å². The smallest absolute Gasteiger partial charge is 0.274 e. The van der Waals surface area contributed by atoms with Crippen LogP contribution in [0.2, 0.25) is 0 Å². The van der Waals surface area contributed by atoms with Crippen molar-refractivity contribution in [1.82, 2.24) is 15.1 Å². The normalized spacial score (nSPS) is 14.6. The summed E-state index contributed by atoms with van der Waals surface area (Å²) in [6.45, 7) is 1.62. The highest BCUT2D eigenvalue weighted by Crippen LogP contribution is 2.14. The Hall–Kier alpha value is -1.33. The molecule has 17 heavy (non-hydrogen) atoms. The van der Waals surface area contributed by atoms with Crippen molar-refractivity contribution in [1.29, 1.82) is 0 Å². The Kier molecular flexibility index (Phi) is 2.64. The Morgan fingerprint density at radius 1 is 1.24 bits per heavy atom. The number of aromatic amines is 1. The minimum absolute atomic E-state index is 0.0730. The highest BCUT2D eigenvalue weighted by Gasteiger charge is 2.17. The molecule has 1 aromatic heterocycles. The second kappa shape index (κ2) is 4.16. The van der Waals surface area contributed by atoms with Crippen LogP contribution in [-0.2, 0) is 13.0 Å². The summed E-state index contributed by atoms with van der Waals surface area (Å²) < 4.78 is 2.62. The molecule has 88 valence electrons. The molecule has 2 aromatic rings. The summed E-state index contributed by atoms with van der Waals surface area (Å²) in [6, 6.07) is 7.70. The maximum absolute atomic E-state index is 12.2. The van der Waals surface area contributed by atoms with E-state index in [0.29, 0.717) is 0 Å². The third-order valence-electron chi connectivity index (χ3n) is 3.01. The molecule has 3 rings (SSSR count). The lowest BCUT2D eigenvalue weighted by Crippen LogP contribution is -2.26. The van der Waals surface area contributed by atoms with Crippen LogP contribution in [0.1, 0.15) is 11.3 Å². The van der Waals surface area contributed by atoms with E-state index in [1.54, 1.807) is 4.68 Å². The molecule has 1 aliphatic heterocycles. The predicted molar refractivity (Wildman–Crippen MR) is 69.5 cm³/mol. The second-order valence-corrected chi connectivity index (χ2v) is 5.03. The lowest BCUT2D eigenvalue weighted by atomic mass is 10.1. The molecular weight excluding hydrogens is 282 g/mol. The predicted octanol–water partition coefficient (Wildman–Crippen LogP) is 1.57. The van der Waals surface area contributed by atoms with Gasteiger partial charge >= 0.3 is 0 Å². The number of nitrogens with zero attached hydrogens (tertiary/aromatic N) is 1. The zero-order chi connectivity index (χ0) is 11.8. The van der Waals surface area contributed by atoms with Crippen molar-refractivity contribution in [3.8, 4) is 5.69 Å². The molecule has 5 heteroatoms. The van der Waals surface area contributed by atoms with Crippen LogP contribution in [0.25, 0.3) is 5.69 Å². The van der Waals surface area contributed by atoms with Gasteiger partial charge in [0.2, 0.25) is 0 Å². The number of aromatic nitrogens is 2. The molecule has 0 saturated heterocycles. The summed E-state index contributed by atoms with van der Waals surface area (Å²) in [5.74, 6) is 0. The number of hydrogen-bond donors (Lipinski definition) is 2. The Bertz CT molecular complexity index is 597. The van der Waals surface area contributed by atoms with Crippen LogP contribution in [0.5, 0.6) is 0 Å². The first kappa shape index (κ1) is 10.8. The number of nitrogens with one attached hydrogen (secondary N) is 2. The number of rotatable bonds is 1. The average Bonchev–Trinajstić information content (AvgIpc) is 2.69. The fourth-order valence-electron chi connectivity index (χ4n) is 2.12. The summed E-state index contributed by atoms with van der Waals surface area (Å²) in [6.07, 6.45) is 0.800. The van der Waals surface area contributed by atoms with Gasteiger partial charge in [-0.25, -0.2) is 4.68 Å². The minimum Gasteiger partial charge on any atom is -0.311 e. The lowest BCUT2D eigenvalue weighted by Gasteiger charge is -2.09. The van der Waals surface area contributed by atoms with Gasteiger partial charge in [0.05, 0.1) is 11.4 Å². The first-order valence-corrected chi connectivity index (χ1v) is 6.34. The topological polar surface area (TPSA) is 49.8 Å². The Morgan fingerprint density at radius 3 is 2.71 bits per heavy atom. The fourth-order valence-corrected chi connectivity index (χ4v) is 2.38. The van der Waals surface area contributed by atoms with Crippen LogP contribution >= 0.6 is 15.9 Å². The molecule has 0 bridgehead atoms. The van der Waals surface area contributed by atoms with Gasteiger partial charge in [-0.1, -0.05) is 15.9 Å². The van der Waals surface area contributed by atoms with Gasteiger partial charge in [-0.3, -0.25) is 9.89 Å². The number of benzene rings is 1. The molecule has 4 nitrogen and oxygen atoms in total. The van der Waals surface area contributed by atoms with E-state index in [0.717, 1.165) is 40.9 Å². The monoisotopic (exact) mass is 293 g/mol. The average molecular weight is 294 g/mol. The third kappa shape index (κ3) is 1.85. The van der Waals surface area contributed by atoms with Crippen molar-refractivity contribution in [3.63, 3.8) is 0 Å². The van der Waals surface area contributed by atoms with Gasteiger partial charge in [-0.15, -0.1) is 0 Å². The molecule has 1 aliphatic rings. The largest absolute Gasteiger partial charge is 0.311 e. The van der Waals surface area contributed by atoms with Gasteiger partial charge in [0.15, 0.2) is 0 Å². The van der Waals surface area contributed by atoms with Crippen molar-refractivity contribution >= 4 is 15.9 Å². The van der Waals surface area contributed by atoms with E-state index in [9.17, 15) is 4.79 Å². The van der Waals surface area contributed by atoms with Crippen molar-refractivity contribution in [2.45, 2.75) is 13.0 Å². The van der Waals surface area contributed by atoms with E-state index in [1.807, 2.05) is 24.3 Å². The second-order valence-electron chi connectivity index (χ2n) is 4.11. The molecule has 0 atom stereocenters. The molecule has 0 fully saturated rings. The molecule has 0 aliphatic carbocycles. The van der Waals surface area contributed by atoms with E-state index in [1.165, 1.54) is 0 Å². The van der Waals surface area contributed by atoms with Gasteiger partial charge in [0.25, 0.3) is 5.56 Å². The van der Waals surface area contributed by atoms with E-state index in [-0.39, 0.29) is 5.56 Å². The summed E-state index contributed by atoms with van der Waals surface area (Å²) in [7, 11) is 0.